The molecule has 2 fully saturated rings. The average molecular weight is 368 g/mol. The number of benzene rings is 1. The van der Waals surface area contributed by atoms with Crippen LogP contribution in [0.1, 0.15) is 42.5 Å². The molecule has 4 atom stereocenters. The number of allylic oxidation sites excluding steroid dienone is 2. The summed E-state index contributed by atoms with van der Waals surface area (Å²) in [6.07, 6.45) is 8.99. The van der Waals surface area contributed by atoms with Gasteiger partial charge in [0.05, 0.1) is 11.8 Å². The van der Waals surface area contributed by atoms with Gasteiger partial charge in [-0.1, -0.05) is 25.0 Å². The lowest BCUT2D eigenvalue weighted by Crippen LogP contribution is -2.36. The van der Waals surface area contributed by atoms with Crippen molar-refractivity contribution < 1.29 is 19.5 Å². The molecule has 0 aliphatic heterocycles. The first-order valence-electron chi connectivity index (χ1n) is 9.66. The molecule has 27 heavy (non-hydrogen) atoms. The van der Waals surface area contributed by atoms with Crippen LogP contribution in [0.15, 0.2) is 36.4 Å². The van der Waals surface area contributed by atoms with Crippen LogP contribution < -0.4 is 10.6 Å². The zero-order chi connectivity index (χ0) is 19.0. The van der Waals surface area contributed by atoms with E-state index in [4.69, 9.17) is 0 Å². The second kappa shape index (κ2) is 7.18. The minimum atomic E-state index is -0.911. The highest BCUT2D eigenvalue weighted by Gasteiger charge is 2.51. The molecule has 0 unspecified atom stereocenters. The van der Waals surface area contributed by atoms with E-state index < -0.39 is 17.8 Å². The van der Waals surface area contributed by atoms with Gasteiger partial charge in [0.15, 0.2) is 0 Å². The molecule has 0 spiro atoms. The molecule has 3 aliphatic rings. The average Bonchev–Trinajstić information content (AvgIpc) is 3.39. The van der Waals surface area contributed by atoms with E-state index in [2.05, 4.69) is 10.6 Å². The number of carbonyl (C=O) groups excluding carboxylic acids is 2. The molecule has 142 valence electrons. The fourth-order valence-electron chi connectivity index (χ4n) is 4.79. The Balaban J connectivity index is 1.39. The van der Waals surface area contributed by atoms with Gasteiger partial charge in [-0.3, -0.25) is 14.4 Å². The predicted molar refractivity (Wildman–Crippen MR) is 100 cm³/mol. The Morgan fingerprint density at radius 2 is 1.56 bits per heavy atom. The SMILES string of the molecule is O=C(NC1CCCC1)c1ccc(NC(=O)[C@H]2[C@H](C(=O)O)[C@H]3C=C[C@H]2C3)cc1. The maximum atomic E-state index is 12.7. The van der Waals surface area contributed by atoms with Gasteiger partial charge < -0.3 is 15.7 Å². The van der Waals surface area contributed by atoms with Crippen LogP contribution in [-0.2, 0) is 9.59 Å². The van der Waals surface area contributed by atoms with Crippen molar-refractivity contribution in [3.63, 3.8) is 0 Å². The normalized spacial score (nSPS) is 29.0. The fourth-order valence-corrected chi connectivity index (χ4v) is 4.79. The summed E-state index contributed by atoms with van der Waals surface area (Å²) < 4.78 is 0. The topological polar surface area (TPSA) is 95.5 Å². The summed E-state index contributed by atoms with van der Waals surface area (Å²) in [5.41, 5.74) is 1.14. The van der Waals surface area contributed by atoms with Crippen LogP contribution in [0, 0.1) is 23.7 Å². The number of carboxylic acids is 1. The Morgan fingerprint density at radius 3 is 2.19 bits per heavy atom. The van der Waals surface area contributed by atoms with Gasteiger partial charge in [0, 0.05) is 17.3 Å². The van der Waals surface area contributed by atoms with Crippen LogP contribution in [0.5, 0.6) is 0 Å². The Morgan fingerprint density at radius 1 is 0.926 bits per heavy atom. The molecule has 1 aromatic rings. The molecule has 2 bridgehead atoms. The van der Waals surface area contributed by atoms with E-state index >= 15 is 0 Å². The largest absolute Gasteiger partial charge is 0.481 e. The molecule has 0 radical (unpaired) electrons. The summed E-state index contributed by atoms with van der Waals surface area (Å²) in [6, 6.07) is 7.03. The minimum Gasteiger partial charge on any atom is -0.481 e. The summed E-state index contributed by atoms with van der Waals surface area (Å²) in [6.45, 7) is 0. The molecule has 0 aromatic heterocycles. The summed E-state index contributed by atoms with van der Waals surface area (Å²) in [7, 11) is 0. The second-order valence-electron chi connectivity index (χ2n) is 7.86. The number of aliphatic carboxylic acids is 1. The molecule has 2 amide bonds. The smallest absolute Gasteiger partial charge is 0.307 e. The lowest BCUT2D eigenvalue weighted by atomic mass is 9.82. The number of carbonyl (C=O) groups is 3. The van der Waals surface area contributed by atoms with E-state index in [1.807, 2.05) is 12.2 Å². The van der Waals surface area contributed by atoms with E-state index in [0.29, 0.717) is 11.3 Å². The molecule has 1 aromatic carbocycles. The van der Waals surface area contributed by atoms with E-state index in [-0.39, 0.29) is 29.7 Å². The van der Waals surface area contributed by atoms with Crippen molar-refractivity contribution in [3.05, 3.63) is 42.0 Å². The van der Waals surface area contributed by atoms with Gasteiger partial charge in [-0.05, 0) is 55.4 Å². The Bertz CT molecular complexity index is 780. The summed E-state index contributed by atoms with van der Waals surface area (Å²) in [5, 5.41) is 15.3. The van der Waals surface area contributed by atoms with E-state index in [9.17, 15) is 19.5 Å². The third kappa shape index (κ3) is 3.48. The Labute approximate surface area is 158 Å². The molecule has 2 saturated carbocycles. The fraction of sp³-hybridized carbons (Fsp3) is 0.476. The van der Waals surface area contributed by atoms with E-state index in [1.165, 1.54) is 0 Å². The standard InChI is InChI=1S/C21H24N2O4/c24-19(22-15-3-1-2-4-15)12-7-9-16(10-8-12)23-20(25)17-13-5-6-14(11-13)18(17)21(26)27/h5-10,13-15,17-18H,1-4,11H2,(H,22,24)(H,23,25)(H,26,27)/t13-,14-,17+,18+/m0/s1. The summed E-state index contributed by atoms with van der Waals surface area (Å²) in [5.74, 6) is -2.52. The molecule has 3 N–H and O–H groups in total. The highest BCUT2D eigenvalue weighted by molar-refractivity contribution is 5.98. The highest BCUT2D eigenvalue weighted by atomic mass is 16.4. The van der Waals surface area contributed by atoms with Crippen molar-refractivity contribution >= 4 is 23.5 Å². The Hall–Kier alpha value is -2.63. The van der Waals surface area contributed by atoms with Crippen molar-refractivity contribution in [1.29, 1.82) is 0 Å². The highest BCUT2D eigenvalue weighted by Crippen LogP contribution is 2.48. The lowest BCUT2D eigenvalue weighted by molar-refractivity contribution is -0.146. The number of rotatable bonds is 5. The van der Waals surface area contributed by atoms with Crippen LogP contribution in [0.4, 0.5) is 5.69 Å². The zero-order valence-corrected chi connectivity index (χ0v) is 15.1. The third-order valence-electron chi connectivity index (χ3n) is 6.15. The molecular weight excluding hydrogens is 344 g/mol. The van der Waals surface area contributed by atoms with E-state index in [1.54, 1.807) is 24.3 Å². The van der Waals surface area contributed by atoms with Crippen LogP contribution in [0.3, 0.4) is 0 Å². The van der Waals surface area contributed by atoms with Crippen LogP contribution in [-0.4, -0.2) is 28.9 Å². The monoisotopic (exact) mass is 368 g/mol. The van der Waals surface area contributed by atoms with Gasteiger partial charge in [-0.2, -0.15) is 0 Å². The zero-order valence-electron chi connectivity index (χ0n) is 15.1. The minimum absolute atomic E-state index is 0.00689. The Kier molecular flexibility index (Phi) is 4.72. The molecular formula is C21H24N2O4. The quantitative estimate of drug-likeness (QED) is 0.697. The van der Waals surface area contributed by atoms with Gasteiger partial charge >= 0.3 is 5.97 Å². The second-order valence-corrected chi connectivity index (χ2v) is 7.86. The number of carboxylic acid groups (broad SMARTS) is 1. The number of hydrogen-bond acceptors (Lipinski definition) is 3. The maximum absolute atomic E-state index is 12.7. The van der Waals surface area contributed by atoms with Crippen LogP contribution >= 0.6 is 0 Å². The predicted octanol–water partition coefficient (Wildman–Crippen LogP) is 2.82. The maximum Gasteiger partial charge on any atom is 0.307 e. The molecule has 4 rings (SSSR count). The van der Waals surface area contributed by atoms with Crippen LogP contribution in [0.25, 0.3) is 0 Å². The number of amides is 2. The van der Waals surface area contributed by atoms with Gasteiger partial charge in [0.2, 0.25) is 5.91 Å². The van der Waals surface area contributed by atoms with Gasteiger partial charge in [0.1, 0.15) is 0 Å². The molecule has 6 heteroatoms. The third-order valence-corrected chi connectivity index (χ3v) is 6.15. The van der Waals surface area contributed by atoms with Crippen molar-refractivity contribution in [2.24, 2.45) is 23.7 Å². The van der Waals surface area contributed by atoms with E-state index in [0.717, 1.165) is 32.1 Å². The number of nitrogens with one attached hydrogen (secondary N) is 2. The van der Waals surface area contributed by atoms with Gasteiger partial charge in [0.25, 0.3) is 5.91 Å². The number of anilines is 1. The molecule has 0 saturated heterocycles. The van der Waals surface area contributed by atoms with Crippen molar-refractivity contribution in [1.82, 2.24) is 5.32 Å². The molecule has 0 heterocycles. The van der Waals surface area contributed by atoms with Crippen LogP contribution in [0.2, 0.25) is 0 Å². The van der Waals surface area contributed by atoms with Crippen molar-refractivity contribution in [3.8, 4) is 0 Å². The number of hydrogen-bond donors (Lipinski definition) is 3. The van der Waals surface area contributed by atoms with Gasteiger partial charge in [-0.15, -0.1) is 0 Å². The van der Waals surface area contributed by atoms with Crippen molar-refractivity contribution in [2.75, 3.05) is 5.32 Å². The van der Waals surface area contributed by atoms with Gasteiger partial charge in [-0.25, -0.2) is 0 Å². The summed E-state index contributed by atoms with van der Waals surface area (Å²) >= 11 is 0. The number of fused-ring (bicyclic) bond motifs is 2. The lowest BCUT2D eigenvalue weighted by Gasteiger charge is -2.23. The first-order chi connectivity index (χ1) is 13.0. The van der Waals surface area contributed by atoms with Crippen molar-refractivity contribution in [2.45, 2.75) is 38.1 Å². The molecule has 6 nitrogen and oxygen atoms in total. The summed E-state index contributed by atoms with van der Waals surface area (Å²) in [4.78, 5) is 36.5. The first kappa shape index (κ1) is 17.8. The first-order valence-corrected chi connectivity index (χ1v) is 9.66. The molecule has 3 aliphatic carbocycles.